The van der Waals surface area contributed by atoms with Crippen molar-refractivity contribution in [1.29, 1.82) is 0 Å². The molecular formula is C15H19NO5. The van der Waals surface area contributed by atoms with Crippen LogP contribution in [0.4, 0.5) is 0 Å². The van der Waals surface area contributed by atoms with Crippen LogP contribution in [0.1, 0.15) is 42.5 Å². The van der Waals surface area contributed by atoms with E-state index in [2.05, 4.69) is 0 Å². The summed E-state index contributed by atoms with van der Waals surface area (Å²) in [6, 6.07) is 3.75. The lowest BCUT2D eigenvalue weighted by Crippen LogP contribution is -2.44. The lowest BCUT2D eigenvalue weighted by atomic mass is 9.96. The van der Waals surface area contributed by atoms with Crippen LogP contribution in [0.15, 0.2) is 18.2 Å². The van der Waals surface area contributed by atoms with Crippen molar-refractivity contribution in [2.24, 2.45) is 0 Å². The van der Waals surface area contributed by atoms with E-state index in [9.17, 15) is 19.8 Å². The standard InChI is InChI=1S/C15H19NO5/c17-11-5-6-12(13(18)9-11)15(21)16-8-2-1-3-10(16)4-7-14(19)20/h5-6,9-10,17-18H,1-4,7-8H2,(H,19,20). The van der Waals surface area contributed by atoms with Crippen LogP contribution in [-0.2, 0) is 4.79 Å². The van der Waals surface area contributed by atoms with Gasteiger partial charge in [-0.1, -0.05) is 0 Å². The highest BCUT2D eigenvalue weighted by Crippen LogP contribution is 2.28. The summed E-state index contributed by atoms with van der Waals surface area (Å²) in [7, 11) is 0. The van der Waals surface area contributed by atoms with Gasteiger partial charge in [-0.2, -0.15) is 0 Å². The van der Waals surface area contributed by atoms with Crippen molar-refractivity contribution < 1.29 is 24.9 Å². The fraction of sp³-hybridized carbons (Fsp3) is 0.467. The molecule has 3 N–H and O–H groups in total. The monoisotopic (exact) mass is 293 g/mol. The third-order valence-corrected chi connectivity index (χ3v) is 3.79. The largest absolute Gasteiger partial charge is 0.508 e. The van der Waals surface area contributed by atoms with Crippen LogP contribution < -0.4 is 0 Å². The number of benzene rings is 1. The van der Waals surface area contributed by atoms with Gasteiger partial charge in [0.1, 0.15) is 11.5 Å². The van der Waals surface area contributed by atoms with Crippen LogP contribution in [0.25, 0.3) is 0 Å². The first kappa shape index (κ1) is 15.2. The Bertz CT molecular complexity index is 543. The lowest BCUT2D eigenvalue weighted by molar-refractivity contribution is -0.137. The number of rotatable bonds is 4. The van der Waals surface area contributed by atoms with E-state index < -0.39 is 5.97 Å². The Labute approximate surface area is 122 Å². The van der Waals surface area contributed by atoms with Crippen LogP contribution in [-0.4, -0.2) is 44.7 Å². The van der Waals surface area contributed by atoms with Gasteiger partial charge in [-0.15, -0.1) is 0 Å². The molecule has 1 amide bonds. The van der Waals surface area contributed by atoms with Crippen molar-refractivity contribution in [1.82, 2.24) is 4.90 Å². The van der Waals surface area contributed by atoms with E-state index in [0.29, 0.717) is 13.0 Å². The number of phenols is 2. The number of carbonyl (C=O) groups is 2. The highest BCUT2D eigenvalue weighted by Gasteiger charge is 2.29. The van der Waals surface area contributed by atoms with E-state index in [1.165, 1.54) is 12.1 Å². The SMILES string of the molecule is O=C(O)CCC1CCCCN1C(=O)c1ccc(O)cc1O. The van der Waals surface area contributed by atoms with Gasteiger partial charge in [0, 0.05) is 25.1 Å². The number of nitrogens with zero attached hydrogens (tertiary/aromatic N) is 1. The second-order valence-corrected chi connectivity index (χ2v) is 5.28. The number of aromatic hydroxyl groups is 2. The molecule has 1 saturated heterocycles. The van der Waals surface area contributed by atoms with E-state index in [1.54, 1.807) is 4.90 Å². The number of hydrogen-bond acceptors (Lipinski definition) is 4. The van der Waals surface area contributed by atoms with Gasteiger partial charge in [0.05, 0.1) is 5.56 Å². The smallest absolute Gasteiger partial charge is 0.303 e. The van der Waals surface area contributed by atoms with E-state index >= 15 is 0 Å². The lowest BCUT2D eigenvalue weighted by Gasteiger charge is -2.35. The number of likely N-dealkylation sites (tertiary alicyclic amines) is 1. The summed E-state index contributed by atoms with van der Waals surface area (Å²) in [4.78, 5) is 24.9. The predicted molar refractivity (Wildman–Crippen MR) is 75.3 cm³/mol. The van der Waals surface area contributed by atoms with Crippen LogP contribution in [0.3, 0.4) is 0 Å². The molecule has 114 valence electrons. The summed E-state index contributed by atoms with van der Waals surface area (Å²) >= 11 is 0. The highest BCUT2D eigenvalue weighted by atomic mass is 16.4. The minimum absolute atomic E-state index is 0.0238. The highest BCUT2D eigenvalue weighted by molar-refractivity contribution is 5.97. The number of carboxylic acid groups (broad SMARTS) is 1. The summed E-state index contributed by atoms with van der Waals surface area (Å²) in [6.07, 6.45) is 3.05. The second-order valence-electron chi connectivity index (χ2n) is 5.28. The van der Waals surface area contributed by atoms with Gasteiger partial charge in [0.25, 0.3) is 5.91 Å². The Morgan fingerprint density at radius 2 is 2.00 bits per heavy atom. The first-order chi connectivity index (χ1) is 9.99. The summed E-state index contributed by atoms with van der Waals surface area (Å²) in [5.41, 5.74) is 0.134. The maximum atomic E-state index is 12.5. The zero-order chi connectivity index (χ0) is 15.4. The molecule has 1 aliphatic heterocycles. The summed E-state index contributed by atoms with van der Waals surface area (Å²) in [5.74, 6) is -1.56. The maximum absolute atomic E-state index is 12.5. The quantitative estimate of drug-likeness (QED) is 0.788. The first-order valence-electron chi connectivity index (χ1n) is 7.04. The van der Waals surface area contributed by atoms with E-state index in [1.807, 2.05) is 0 Å². The predicted octanol–water partition coefficient (Wildman–Crippen LogP) is 1.96. The molecule has 1 fully saturated rings. The van der Waals surface area contributed by atoms with E-state index in [4.69, 9.17) is 5.11 Å². The molecule has 0 aromatic heterocycles. The molecule has 0 radical (unpaired) electrons. The first-order valence-corrected chi connectivity index (χ1v) is 7.04. The zero-order valence-electron chi connectivity index (χ0n) is 11.7. The average molecular weight is 293 g/mol. The number of carbonyl (C=O) groups excluding carboxylic acids is 1. The molecule has 1 aromatic rings. The van der Waals surface area contributed by atoms with Gasteiger partial charge < -0.3 is 20.2 Å². The molecule has 0 spiro atoms. The Kier molecular flexibility index (Phi) is 4.67. The van der Waals surface area contributed by atoms with Gasteiger partial charge in [-0.25, -0.2) is 0 Å². The van der Waals surface area contributed by atoms with Gasteiger partial charge >= 0.3 is 5.97 Å². The minimum Gasteiger partial charge on any atom is -0.508 e. The Morgan fingerprint density at radius 3 is 2.67 bits per heavy atom. The fourth-order valence-corrected chi connectivity index (χ4v) is 2.71. The molecule has 1 heterocycles. The summed E-state index contributed by atoms with van der Waals surface area (Å²) < 4.78 is 0. The number of aliphatic carboxylic acids is 1. The number of hydrogen-bond donors (Lipinski definition) is 3. The normalized spacial score (nSPS) is 18.5. The zero-order valence-corrected chi connectivity index (χ0v) is 11.7. The van der Waals surface area contributed by atoms with Crippen molar-refractivity contribution in [3.05, 3.63) is 23.8 Å². The molecule has 1 atom stereocenters. The summed E-state index contributed by atoms with van der Waals surface area (Å²) in [5, 5.41) is 27.9. The molecule has 21 heavy (non-hydrogen) atoms. The van der Waals surface area contributed by atoms with Crippen molar-refractivity contribution in [2.45, 2.75) is 38.1 Å². The Morgan fingerprint density at radius 1 is 1.24 bits per heavy atom. The Hall–Kier alpha value is -2.24. The van der Waals surface area contributed by atoms with Crippen LogP contribution in [0.2, 0.25) is 0 Å². The van der Waals surface area contributed by atoms with Crippen molar-refractivity contribution in [3.63, 3.8) is 0 Å². The topological polar surface area (TPSA) is 98.1 Å². The van der Waals surface area contributed by atoms with Gasteiger partial charge in [-0.05, 0) is 37.8 Å². The molecule has 0 aliphatic carbocycles. The number of piperidine rings is 1. The van der Waals surface area contributed by atoms with Crippen molar-refractivity contribution >= 4 is 11.9 Å². The third-order valence-electron chi connectivity index (χ3n) is 3.79. The molecule has 2 rings (SSSR count). The minimum atomic E-state index is -0.875. The average Bonchev–Trinajstić information content (AvgIpc) is 2.45. The van der Waals surface area contributed by atoms with Gasteiger partial charge in [0.15, 0.2) is 0 Å². The summed E-state index contributed by atoms with van der Waals surface area (Å²) in [6.45, 7) is 0.559. The molecule has 1 aromatic carbocycles. The van der Waals surface area contributed by atoms with Gasteiger partial charge in [0.2, 0.25) is 0 Å². The maximum Gasteiger partial charge on any atom is 0.303 e. The Balaban J connectivity index is 2.16. The van der Waals surface area contributed by atoms with Crippen molar-refractivity contribution in [3.8, 4) is 11.5 Å². The van der Waals surface area contributed by atoms with Crippen LogP contribution in [0.5, 0.6) is 11.5 Å². The second kappa shape index (κ2) is 6.47. The third kappa shape index (κ3) is 3.65. The van der Waals surface area contributed by atoms with E-state index in [0.717, 1.165) is 25.3 Å². The van der Waals surface area contributed by atoms with Gasteiger partial charge in [-0.3, -0.25) is 9.59 Å². The molecule has 0 saturated carbocycles. The molecule has 1 unspecified atom stereocenters. The fourth-order valence-electron chi connectivity index (χ4n) is 2.71. The van der Waals surface area contributed by atoms with E-state index in [-0.39, 0.29) is 35.4 Å². The van der Waals surface area contributed by atoms with Crippen molar-refractivity contribution in [2.75, 3.05) is 6.54 Å². The van der Waals surface area contributed by atoms with Crippen LogP contribution >= 0.6 is 0 Å². The molecule has 0 bridgehead atoms. The molecule has 1 aliphatic rings. The number of carboxylic acids is 1. The molecule has 6 heteroatoms. The molecule has 6 nitrogen and oxygen atoms in total. The number of phenolic OH excluding ortho intramolecular Hbond substituents is 2. The molecular weight excluding hydrogens is 274 g/mol. The number of amides is 1. The van der Waals surface area contributed by atoms with Crippen LogP contribution in [0, 0.1) is 0 Å².